The number of H-pyrrole nitrogens is 1. The molecule has 0 bridgehead atoms. The van der Waals surface area contributed by atoms with Crippen molar-refractivity contribution in [1.82, 2.24) is 15.0 Å². The average molecular weight is 579 g/mol. The van der Waals surface area contributed by atoms with Crippen molar-refractivity contribution in [2.45, 2.75) is 52.1 Å². The fourth-order valence-electron chi connectivity index (χ4n) is 5.74. The minimum Gasteiger partial charge on any atom is -0.508 e. The highest BCUT2D eigenvalue weighted by Gasteiger charge is 2.22. The number of halogens is 1. The second-order valence-corrected chi connectivity index (χ2v) is 11.3. The molecule has 2 aliphatic rings. The number of aliphatic imine (C=N–C) groups is 1. The van der Waals surface area contributed by atoms with E-state index in [2.05, 4.69) is 29.1 Å². The smallest absolute Gasteiger partial charge is 0.136 e. The van der Waals surface area contributed by atoms with E-state index in [1.165, 1.54) is 31.4 Å². The van der Waals surface area contributed by atoms with Crippen LogP contribution in [-0.2, 0) is 4.74 Å². The summed E-state index contributed by atoms with van der Waals surface area (Å²) in [6.07, 6.45) is 16.7. The number of allylic oxidation sites excluding steroid dienone is 4. The van der Waals surface area contributed by atoms with Crippen LogP contribution in [0.25, 0.3) is 27.6 Å². The van der Waals surface area contributed by atoms with Crippen LogP contribution < -0.4 is 11.1 Å². The molecule has 0 atom stereocenters. The van der Waals surface area contributed by atoms with Crippen LogP contribution in [0.2, 0.25) is 0 Å². The molecule has 1 aliphatic heterocycles. The van der Waals surface area contributed by atoms with Gasteiger partial charge < -0.3 is 25.9 Å². The predicted molar refractivity (Wildman–Crippen MR) is 169 cm³/mol. The van der Waals surface area contributed by atoms with E-state index < -0.39 is 5.82 Å². The van der Waals surface area contributed by atoms with E-state index in [1.54, 1.807) is 24.8 Å². The largest absolute Gasteiger partial charge is 0.508 e. The monoisotopic (exact) mass is 578 g/mol. The van der Waals surface area contributed by atoms with Crippen molar-refractivity contribution in [1.29, 1.82) is 0 Å². The Morgan fingerprint density at radius 2 is 1.86 bits per heavy atom. The van der Waals surface area contributed by atoms with E-state index in [4.69, 9.17) is 20.4 Å². The number of nitrogens with two attached hydrogens (primary N) is 1. The lowest BCUT2D eigenvalue weighted by molar-refractivity contribution is 0.0900. The molecule has 6 rings (SSSR count). The molecule has 1 saturated carbocycles. The van der Waals surface area contributed by atoms with E-state index in [9.17, 15) is 9.50 Å². The number of rotatable bonds is 7. The molecule has 8 nitrogen and oxygen atoms in total. The number of aromatic hydroxyl groups is 1. The quantitative estimate of drug-likeness (QED) is 0.136. The predicted octanol–water partition coefficient (Wildman–Crippen LogP) is 7.19. The van der Waals surface area contributed by atoms with Gasteiger partial charge in [-0.2, -0.15) is 0 Å². The van der Waals surface area contributed by atoms with Gasteiger partial charge in [0.1, 0.15) is 29.8 Å². The van der Waals surface area contributed by atoms with Gasteiger partial charge >= 0.3 is 0 Å². The summed E-state index contributed by atoms with van der Waals surface area (Å²) in [5, 5.41) is 14.1. The van der Waals surface area contributed by atoms with E-state index in [0.29, 0.717) is 23.6 Å². The number of benzene rings is 1. The number of aromatic nitrogens is 3. The lowest BCUT2D eigenvalue weighted by Gasteiger charge is -2.24. The normalized spacial score (nSPS) is 15.9. The molecule has 1 aliphatic carbocycles. The molecule has 1 aromatic carbocycles. The summed E-state index contributed by atoms with van der Waals surface area (Å²) in [6.45, 7) is 4.47. The van der Waals surface area contributed by atoms with Crippen molar-refractivity contribution in [2.24, 2.45) is 10.7 Å². The van der Waals surface area contributed by atoms with Gasteiger partial charge in [-0.1, -0.05) is 12.0 Å². The van der Waals surface area contributed by atoms with Crippen molar-refractivity contribution in [3.8, 4) is 16.9 Å². The zero-order chi connectivity index (χ0) is 29.9. The van der Waals surface area contributed by atoms with Crippen molar-refractivity contribution in [2.75, 3.05) is 12.0 Å². The molecule has 4 heterocycles. The lowest BCUT2D eigenvalue weighted by Crippen LogP contribution is -2.18. The second-order valence-electron chi connectivity index (χ2n) is 11.3. The van der Waals surface area contributed by atoms with E-state index >= 15 is 0 Å². The Bertz CT molecular complexity index is 1770. The third kappa shape index (κ3) is 6.16. The van der Waals surface area contributed by atoms with Crippen LogP contribution in [0.3, 0.4) is 0 Å². The first kappa shape index (κ1) is 28.2. The minimum absolute atomic E-state index is 0.146. The molecule has 43 heavy (non-hydrogen) atoms. The van der Waals surface area contributed by atoms with Gasteiger partial charge in [-0.05, 0) is 81.5 Å². The average Bonchev–Trinajstić information content (AvgIpc) is 3.43. The number of nitrogens with zero attached hydrogens (tertiary/aromatic N) is 3. The van der Waals surface area contributed by atoms with Gasteiger partial charge in [0.25, 0.3) is 0 Å². The number of nitrogens with one attached hydrogen (secondary N) is 2. The number of fused-ring (bicyclic) bond motifs is 2. The van der Waals surface area contributed by atoms with Gasteiger partial charge in [0, 0.05) is 52.3 Å². The fraction of sp³-hybridized carbons (Fsp3) is 0.265. The minimum atomic E-state index is -0.521. The number of hydrogen-bond acceptors (Lipinski definition) is 7. The van der Waals surface area contributed by atoms with Crippen molar-refractivity contribution < 1.29 is 14.2 Å². The van der Waals surface area contributed by atoms with Crippen LogP contribution in [0.4, 0.5) is 10.2 Å². The lowest BCUT2D eigenvalue weighted by atomic mass is 9.97. The summed E-state index contributed by atoms with van der Waals surface area (Å²) >= 11 is 0. The van der Waals surface area contributed by atoms with E-state index in [0.717, 1.165) is 69.2 Å². The molecule has 3 aromatic heterocycles. The molecule has 4 aromatic rings. The summed E-state index contributed by atoms with van der Waals surface area (Å²) in [4.78, 5) is 17.3. The van der Waals surface area contributed by atoms with Crippen LogP contribution in [-0.4, -0.2) is 38.5 Å². The second kappa shape index (κ2) is 12.1. The van der Waals surface area contributed by atoms with Gasteiger partial charge in [-0.15, -0.1) is 0 Å². The molecule has 0 spiro atoms. The van der Waals surface area contributed by atoms with Crippen molar-refractivity contribution in [3.05, 3.63) is 101 Å². The van der Waals surface area contributed by atoms with E-state index in [1.807, 2.05) is 24.3 Å². The number of ether oxygens (including phenoxy) is 1. The highest BCUT2D eigenvalue weighted by Crippen LogP contribution is 2.33. The molecule has 0 saturated heterocycles. The highest BCUT2D eigenvalue weighted by molar-refractivity contribution is 6.17. The molecule has 0 amide bonds. The summed E-state index contributed by atoms with van der Waals surface area (Å²) in [7, 11) is 0. The molecule has 9 heteroatoms. The summed E-state index contributed by atoms with van der Waals surface area (Å²) < 4.78 is 20.6. The van der Waals surface area contributed by atoms with E-state index in [-0.39, 0.29) is 11.9 Å². The van der Waals surface area contributed by atoms with Gasteiger partial charge in [-0.25, -0.2) is 9.37 Å². The first-order valence-electron chi connectivity index (χ1n) is 14.6. The third-order valence-electron chi connectivity index (χ3n) is 7.72. The number of anilines is 1. The first-order chi connectivity index (χ1) is 20.9. The van der Waals surface area contributed by atoms with Crippen LogP contribution in [0.15, 0.2) is 83.6 Å². The molecule has 0 radical (unpaired) electrons. The Morgan fingerprint density at radius 3 is 2.63 bits per heavy atom. The molecule has 220 valence electrons. The maximum atomic E-state index is 14.1. The summed E-state index contributed by atoms with van der Waals surface area (Å²) in [6, 6.07) is 7.98. The molecular weight excluding hydrogens is 543 g/mol. The van der Waals surface area contributed by atoms with Gasteiger partial charge in [-0.3, -0.25) is 9.98 Å². The first-order valence-corrected chi connectivity index (χ1v) is 14.6. The van der Waals surface area contributed by atoms with Crippen molar-refractivity contribution in [3.63, 3.8) is 0 Å². The van der Waals surface area contributed by atoms with Crippen LogP contribution in [0.1, 0.15) is 62.8 Å². The molecule has 0 unspecified atom stereocenters. The number of pyridine rings is 2. The summed E-state index contributed by atoms with van der Waals surface area (Å²) in [5.41, 5.74) is 13.2. The highest BCUT2D eigenvalue weighted by atomic mass is 19.1. The summed E-state index contributed by atoms with van der Waals surface area (Å²) in [5.74, 6) is 0.831. The zero-order valence-corrected chi connectivity index (χ0v) is 24.3. The fourth-order valence-corrected chi connectivity index (χ4v) is 5.74. The molecular formula is C34H35FN6O2. The molecule has 5 N–H and O–H groups in total. The topological polar surface area (TPSA) is 121 Å². The zero-order valence-electron chi connectivity index (χ0n) is 24.3. The maximum Gasteiger partial charge on any atom is 0.136 e. The number of aromatic amines is 1. The maximum absolute atomic E-state index is 14.1. The van der Waals surface area contributed by atoms with Crippen LogP contribution in [0, 0.1) is 5.82 Å². The van der Waals surface area contributed by atoms with Gasteiger partial charge in [0.05, 0.1) is 29.2 Å². The van der Waals surface area contributed by atoms with Gasteiger partial charge in [0.2, 0.25) is 0 Å². The molecule has 1 fully saturated rings. The third-order valence-corrected chi connectivity index (χ3v) is 7.72. The number of hydrogen-bond donors (Lipinski definition) is 4. The van der Waals surface area contributed by atoms with Crippen molar-refractivity contribution >= 4 is 28.0 Å². The SMILES string of the molecule is CC(C)=C/C(=C\C(=C/N)c1cnc2c(c1)C(c1cc3c(-c4cc(O)cc(F)c4)cncc3[nH]1)=NCN2)OC1CCCCC1. The Kier molecular flexibility index (Phi) is 7.96. The van der Waals surface area contributed by atoms with Gasteiger partial charge in [0.15, 0.2) is 0 Å². The Morgan fingerprint density at radius 1 is 1.02 bits per heavy atom. The Hall–Kier alpha value is -4.92. The standard InChI is InChI=1S/C34H35FN6O2/c1-20(2)8-27(43-26-6-4-3-5-7-26)11-22(15-36)23-12-29-33(39-19-40-34(29)38-16-23)31-14-28-30(17-37-18-32(28)41-31)21-9-24(35)13-25(42)10-21/h8-18,26,41-42H,3-7,19,36H2,1-2H3,(H,38,40)/b22-15+,27-11+. The number of phenols is 1. The number of phenolic OH excluding ortho intramolecular Hbond substituents is 1. The van der Waals surface area contributed by atoms with Crippen LogP contribution >= 0.6 is 0 Å². The van der Waals surface area contributed by atoms with Crippen LogP contribution in [0.5, 0.6) is 5.75 Å². The Labute approximate surface area is 249 Å². The Balaban J connectivity index is 1.37.